The van der Waals surface area contributed by atoms with Gasteiger partial charge in [0.15, 0.2) is 5.78 Å². The van der Waals surface area contributed by atoms with Crippen LogP contribution in [-0.4, -0.2) is 20.5 Å². The number of allylic oxidation sites excluding steroid dienone is 2. The highest BCUT2D eigenvalue weighted by atomic mass is 16.5. The second-order valence-electron chi connectivity index (χ2n) is 7.07. The Morgan fingerprint density at radius 2 is 1.89 bits per heavy atom. The number of hydrogen-bond donors (Lipinski definition) is 1. The Labute approximate surface area is 162 Å². The van der Waals surface area contributed by atoms with Crippen LogP contribution in [0.2, 0.25) is 0 Å². The number of nitrogens with one attached hydrogen (secondary N) is 1. The van der Waals surface area contributed by atoms with Gasteiger partial charge in [-0.15, -0.1) is 0 Å². The van der Waals surface area contributed by atoms with Crippen molar-refractivity contribution in [2.24, 2.45) is 0 Å². The first-order valence-corrected chi connectivity index (χ1v) is 9.49. The molecule has 140 valence electrons. The number of nitrogens with zero attached hydrogens (tertiary/aromatic N) is 3. The second-order valence-corrected chi connectivity index (χ2v) is 7.07. The molecule has 6 nitrogen and oxygen atoms in total. The zero-order valence-electron chi connectivity index (χ0n) is 15.3. The van der Waals surface area contributed by atoms with Gasteiger partial charge in [-0.25, -0.2) is 4.68 Å². The summed E-state index contributed by atoms with van der Waals surface area (Å²) in [5.74, 6) is 1.66. The SMILES string of the molecule is O=C1CCCC2=C1[C@@H](c1ccc(OCc3ccccc3)cc1)n1ncnc1N2. The third-order valence-electron chi connectivity index (χ3n) is 5.25. The molecular weight excluding hydrogens is 352 g/mol. The quantitative estimate of drug-likeness (QED) is 0.753. The number of aromatic nitrogens is 3. The zero-order chi connectivity index (χ0) is 18.9. The lowest BCUT2D eigenvalue weighted by Gasteiger charge is -2.32. The predicted octanol–water partition coefficient (Wildman–Crippen LogP) is 3.88. The molecule has 0 saturated carbocycles. The van der Waals surface area contributed by atoms with Gasteiger partial charge in [0.2, 0.25) is 5.95 Å². The number of carbonyl (C=O) groups is 1. The van der Waals surface area contributed by atoms with Gasteiger partial charge in [0.25, 0.3) is 0 Å². The number of fused-ring (bicyclic) bond motifs is 1. The van der Waals surface area contributed by atoms with E-state index in [0.717, 1.165) is 41.0 Å². The Morgan fingerprint density at radius 3 is 2.71 bits per heavy atom. The van der Waals surface area contributed by atoms with Gasteiger partial charge in [-0.05, 0) is 36.1 Å². The number of ketones is 1. The summed E-state index contributed by atoms with van der Waals surface area (Å²) in [7, 11) is 0. The summed E-state index contributed by atoms with van der Waals surface area (Å²) in [5.41, 5.74) is 3.91. The summed E-state index contributed by atoms with van der Waals surface area (Å²) in [5, 5.41) is 7.65. The lowest BCUT2D eigenvalue weighted by Crippen LogP contribution is -2.31. The summed E-state index contributed by atoms with van der Waals surface area (Å²) >= 11 is 0. The van der Waals surface area contributed by atoms with Crippen LogP contribution >= 0.6 is 0 Å². The smallest absolute Gasteiger partial charge is 0.226 e. The lowest BCUT2D eigenvalue weighted by molar-refractivity contribution is -0.116. The summed E-state index contributed by atoms with van der Waals surface area (Å²) in [6.07, 6.45) is 3.84. The normalized spacial score (nSPS) is 18.3. The van der Waals surface area contributed by atoms with Crippen LogP contribution in [0.15, 0.2) is 72.2 Å². The molecular formula is C22H20N4O2. The van der Waals surface area contributed by atoms with E-state index < -0.39 is 0 Å². The minimum Gasteiger partial charge on any atom is -0.489 e. The van der Waals surface area contributed by atoms with Gasteiger partial charge in [-0.1, -0.05) is 42.5 Å². The Bertz CT molecular complexity index is 1040. The largest absolute Gasteiger partial charge is 0.489 e. The van der Waals surface area contributed by atoms with E-state index in [1.165, 1.54) is 6.33 Å². The van der Waals surface area contributed by atoms with Crippen molar-refractivity contribution in [1.29, 1.82) is 0 Å². The van der Waals surface area contributed by atoms with Crippen LogP contribution in [0.25, 0.3) is 0 Å². The van der Waals surface area contributed by atoms with Crippen LogP contribution in [0.4, 0.5) is 5.95 Å². The van der Waals surface area contributed by atoms with E-state index in [-0.39, 0.29) is 11.8 Å². The molecule has 1 aromatic heterocycles. The Balaban J connectivity index is 1.43. The molecule has 2 heterocycles. The zero-order valence-corrected chi connectivity index (χ0v) is 15.3. The van der Waals surface area contributed by atoms with Gasteiger partial charge in [0, 0.05) is 17.7 Å². The Kier molecular flexibility index (Phi) is 4.16. The first-order valence-electron chi connectivity index (χ1n) is 9.49. The maximum Gasteiger partial charge on any atom is 0.226 e. The molecule has 1 aliphatic carbocycles. The highest BCUT2D eigenvalue weighted by Gasteiger charge is 2.35. The molecule has 2 aliphatic rings. The summed E-state index contributed by atoms with van der Waals surface area (Å²) < 4.78 is 7.68. The molecule has 2 aromatic carbocycles. The van der Waals surface area contributed by atoms with Crippen molar-refractivity contribution < 1.29 is 9.53 Å². The highest BCUT2D eigenvalue weighted by molar-refractivity contribution is 5.99. The van der Waals surface area contributed by atoms with Crippen molar-refractivity contribution in [1.82, 2.24) is 14.8 Å². The number of ether oxygens (including phenoxy) is 1. The van der Waals surface area contributed by atoms with Gasteiger partial charge < -0.3 is 10.1 Å². The van der Waals surface area contributed by atoms with Crippen molar-refractivity contribution in [3.63, 3.8) is 0 Å². The molecule has 0 bridgehead atoms. The van der Waals surface area contributed by atoms with Crippen molar-refractivity contribution in [2.45, 2.75) is 31.9 Å². The topological polar surface area (TPSA) is 69.0 Å². The van der Waals surface area contributed by atoms with E-state index in [0.29, 0.717) is 19.0 Å². The minimum absolute atomic E-state index is 0.185. The van der Waals surface area contributed by atoms with Crippen molar-refractivity contribution in [2.75, 3.05) is 5.32 Å². The van der Waals surface area contributed by atoms with Crippen LogP contribution in [0.3, 0.4) is 0 Å². The van der Waals surface area contributed by atoms with Crippen LogP contribution in [-0.2, 0) is 11.4 Å². The van der Waals surface area contributed by atoms with Crippen LogP contribution < -0.4 is 10.1 Å². The fourth-order valence-electron chi connectivity index (χ4n) is 3.89. The van der Waals surface area contributed by atoms with Gasteiger partial charge in [0.05, 0.1) is 0 Å². The molecule has 0 saturated heterocycles. The molecule has 0 spiro atoms. The fourth-order valence-corrected chi connectivity index (χ4v) is 3.89. The Morgan fingerprint density at radius 1 is 1.07 bits per heavy atom. The Hall–Kier alpha value is -3.41. The maximum atomic E-state index is 12.7. The lowest BCUT2D eigenvalue weighted by atomic mass is 9.85. The third-order valence-corrected chi connectivity index (χ3v) is 5.25. The molecule has 0 amide bonds. The van der Waals surface area contributed by atoms with E-state index in [4.69, 9.17) is 4.74 Å². The van der Waals surface area contributed by atoms with Gasteiger partial charge >= 0.3 is 0 Å². The maximum absolute atomic E-state index is 12.7. The molecule has 28 heavy (non-hydrogen) atoms. The van der Waals surface area contributed by atoms with Crippen molar-refractivity contribution in [3.8, 4) is 5.75 Å². The monoisotopic (exact) mass is 372 g/mol. The molecule has 1 aliphatic heterocycles. The molecule has 0 fully saturated rings. The van der Waals surface area contributed by atoms with Gasteiger partial charge in [-0.2, -0.15) is 10.1 Å². The number of benzene rings is 2. The van der Waals surface area contributed by atoms with Gasteiger partial charge in [-0.3, -0.25) is 4.79 Å². The van der Waals surface area contributed by atoms with Crippen LogP contribution in [0, 0.1) is 0 Å². The number of Topliss-reactive ketones (excluding diaryl/α,β-unsaturated/α-hetero) is 1. The van der Waals surface area contributed by atoms with E-state index in [9.17, 15) is 4.79 Å². The second kappa shape index (κ2) is 6.96. The van der Waals surface area contributed by atoms with Crippen molar-refractivity contribution >= 4 is 11.7 Å². The van der Waals surface area contributed by atoms with E-state index in [2.05, 4.69) is 15.4 Å². The number of anilines is 1. The molecule has 3 aromatic rings. The van der Waals surface area contributed by atoms with Crippen LogP contribution in [0.5, 0.6) is 5.75 Å². The summed E-state index contributed by atoms with van der Waals surface area (Å²) in [4.78, 5) is 17.0. The highest BCUT2D eigenvalue weighted by Crippen LogP contribution is 2.39. The average molecular weight is 372 g/mol. The first-order chi connectivity index (χ1) is 13.8. The fraction of sp³-hybridized carbons (Fsp3) is 0.227. The molecule has 0 unspecified atom stereocenters. The van der Waals surface area contributed by atoms with E-state index >= 15 is 0 Å². The number of carbonyl (C=O) groups excluding carboxylic acids is 1. The molecule has 0 radical (unpaired) electrons. The number of rotatable bonds is 4. The summed E-state index contributed by atoms with van der Waals surface area (Å²) in [6, 6.07) is 17.7. The third kappa shape index (κ3) is 2.97. The minimum atomic E-state index is -0.246. The average Bonchev–Trinajstić information content (AvgIpc) is 3.20. The molecule has 6 heteroatoms. The van der Waals surface area contributed by atoms with Gasteiger partial charge in [0.1, 0.15) is 24.7 Å². The van der Waals surface area contributed by atoms with Crippen molar-refractivity contribution in [3.05, 3.63) is 83.3 Å². The molecule has 1 N–H and O–H groups in total. The van der Waals surface area contributed by atoms with E-state index in [1.54, 1.807) is 4.68 Å². The van der Waals surface area contributed by atoms with E-state index in [1.807, 2.05) is 54.6 Å². The molecule has 1 atom stereocenters. The first kappa shape index (κ1) is 16.7. The van der Waals surface area contributed by atoms with Crippen LogP contribution in [0.1, 0.15) is 36.4 Å². The number of hydrogen-bond acceptors (Lipinski definition) is 5. The molecule has 5 rings (SSSR count). The predicted molar refractivity (Wildman–Crippen MR) is 105 cm³/mol. The summed E-state index contributed by atoms with van der Waals surface area (Å²) in [6.45, 7) is 0.522. The standard InChI is InChI=1S/C22H20N4O2/c27-19-8-4-7-18-20(19)21(26-22(25-18)23-14-24-26)16-9-11-17(12-10-16)28-13-15-5-2-1-3-6-15/h1-3,5-6,9-12,14,21H,4,7-8,13H2,(H,23,24,25)/t21-/m1/s1.